The van der Waals surface area contributed by atoms with Crippen LogP contribution in [0, 0.1) is 5.21 Å². The molecule has 1 rings (SSSR count). The Kier molecular flexibility index (Phi) is 17.3. The summed E-state index contributed by atoms with van der Waals surface area (Å²) in [6, 6.07) is 0. The summed E-state index contributed by atoms with van der Waals surface area (Å²) >= 11 is 0. The quantitative estimate of drug-likeness (QED) is 0.292. The van der Waals surface area contributed by atoms with E-state index < -0.39 is 0 Å². The third kappa shape index (κ3) is 15.7. The second kappa shape index (κ2) is 18.8. The zero-order valence-corrected chi connectivity index (χ0v) is 18.3. The molecule has 0 amide bonds. The van der Waals surface area contributed by atoms with E-state index in [0.717, 1.165) is 12.8 Å². The average Bonchev–Trinajstić information content (AvgIpc) is 2.70. The predicted molar refractivity (Wildman–Crippen MR) is 113 cm³/mol. The summed E-state index contributed by atoms with van der Waals surface area (Å²) in [7, 11) is 0. The summed E-state index contributed by atoms with van der Waals surface area (Å²) in [5.74, 6) is 0. The number of quaternary nitrogens is 1. The fourth-order valence-electron chi connectivity index (χ4n) is 3.45. The number of hydrogen-bond donors (Lipinski definition) is 0. The third-order valence-corrected chi connectivity index (χ3v) is 5.32. The Morgan fingerprint density at radius 1 is 0.536 bits per heavy atom. The van der Waals surface area contributed by atoms with Gasteiger partial charge in [-0.1, -0.05) is 58.3 Å². The van der Waals surface area contributed by atoms with Crippen LogP contribution in [-0.4, -0.2) is 77.1 Å². The van der Waals surface area contributed by atoms with Crippen LogP contribution >= 0.6 is 0 Å². The highest BCUT2D eigenvalue weighted by Gasteiger charge is 2.16. The molecule has 0 aromatic rings. The van der Waals surface area contributed by atoms with Crippen molar-refractivity contribution in [2.75, 3.05) is 72.5 Å². The van der Waals surface area contributed by atoms with Crippen molar-refractivity contribution < 1.29 is 23.6 Å². The zero-order chi connectivity index (χ0) is 20.2. The highest BCUT2D eigenvalue weighted by Crippen LogP contribution is 2.13. The molecule has 0 radical (unpaired) electrons. The van der Waals surface area contributed by atoms with Crippen LogP contribution in [0.4, 0.5) is 0 Å². The molecule has 168 valence electrons. The Balaban J connectivity index is 2.16. The van der Waals surface area contributed by atoms with E-state index in [-0.39, 0.29) is 4.65 Å². The van der Waals surface area contributed by atoms with Crippen molar-refractivity contribution in [2.24, 2.45) is 0 Å². The van der Waals surface area contributed by atoms with Gasteiger partial charge >= 0.3 is 0 Å². The number of rotatable bonds is 11. The van der Waals surface area contributed by atoms with E-state index in [1.807, 2.05) is 0 Å². The lowest BCUT2D eigenvalue weighted by Crippen LogP contribution is -2.47. The molecule has 0 atom stereocenters. The summed E-state index contributed by atoms with van der Waals surface area (Å²) in [6.07, 6.45) is 12.8. The van der Waals surface area contributed by atoms with Gasteiger partial charge < -0.3 is 28.8 Å². The molecule has 0 N–H and O–H groups in total. The van der Waals surface area contributed by atoms with E-state index in [2.05, 4.69) is 6.92 Å². The van der Waals surface area contributed by atoms with E-state index in [9.17, 15) is 5.21 Å². The van der Waals surface area contributed by atoms with E-state index in [4.69, 9.17) is 18.9 Å². The van der Waals surface area contributed by atoms with Crippen LogP contribution in [0.2, 0.25) is 0 Å². The topological polar surface area (TPSA) is 60.0 Å². The van der Waals surface area contributed by atoms with Gasteiger partial charge in [-0.15, -0.1) is 0 Å². The normalized spacial score (nSPS) is 20.4. The lowest BCUT2D eigenvalue weighted by atomic mass is 10.1. The molecule has 1 aliphatic heterocycles. The van der Waals surface area contributed by atoms with Gasteiger partial charge in [0.15, 0.2) is 0 Å². The molecule has 0 aromatic carbocycles. The molecule has 0 spiro atoms. The van der Waals surface area contributed by atoms with Crippen molar-refractivity contribution in [1.82, 2.24) is 0 Å². The molecular weight excluding hydrogens is 358 g/mol. The fourth-order valence-corrected chi connectivity index (χ4v) is 3.45. The smallest absolute Gasteiger partial charge is 0.102 e. The van der Waals surface area contributed by atoms with Gasteiger partial charge in [0.05, 0.1) is 59.4 Å². The molecule has 0 saturated carbocycles. The van der Waals surface area contributed by atoms with Crippen molar-refractivity contribution in [3.63, 3.8) is 0 Å². The summed E-state index contributed by atoms with van der Waals surface area (Å²) in [4.78, 5) is 0. The molecular formula is C22H45NO5. The molecule has 1 saturated heterocycles. The fraction of sp³-hybridized carbons (Fsp3) is 1.00. The standard InChI is InChI=1S/C22H45NO5/c1-2-3-4-5-6-7-8-9-10-11-12-23(24)13-15-25-17-19-27-21-22-28-20-18-26-16-14-23/h2-22H2,1H3. The molecule has 1 fully saturated rings. The summed E-state index contributed by atoms with van der Waals surface area (Å²) in [5, 5.41) is 13.1. The average molecular weight is 404 g/mol. The highest BCUT2D eigenvalue weighted by atomic mass is 16.6. The van der Waals surface area contributed by atoms with E-state index in [0.29, 0.717) is 72.5 Å². The summed E-state index contributed by atoms with van der Waals surface area (Å²) in [5.41, 5.74) is 0. The Morgan fingerprint density at radius 2 is 0.893 bits per heavy atom. The monoisotopic (exact) mass is 403 g/mol. The van der Waals surface area contributed by atoms with E-state index in [1.54, 1.807) is 0 Å². The number of ether oxygens (including phenoxy) is 4. The van der Waals surface area contributed by atoms with E-state index in [1.165, 1.54) is 51.4 Å². The van der Waals surface area contributed by atoms with Gasteiger partial charge in [0.1, 0.15) is 13.1 Å². The second-order valence-corrected chi connectivity index (χ2v) is 7.86. The zero-order valence-electron chi connectivity index (χ0n) is 18.3. The van der Waals surface area contributed by atoms with Gasteiger partial charge in [-0.2, -0.15) is 0 Å². The van der Waals surface area contributed by atoms with Crippen molar-refractivity contribution in [1.29, 1.82) is 0 Å². The molecule has 0 aliphatic carbocycles. The number of hydrogen-bond acceptors (Lipinski definition) is 5. The highest BCUT2D eigenvalue weighted by molar-refractivity contribution is 4.51. The van der Waals surface area contributed by atoms with Crippen LogP contribution in [-0.2, 0) is 18.9 Å². The first-order valence-electron chi connectivity index (χ1n) is 11.6. The van der Waals surface area contributed by atoms with Gasteiger partial charge in [0.25, 0.3) is 0 Å². The summed E-state index contributed by atoms with van der Waals surface area (Å²) in [6.45, 7) is 8.22. The second-order valence-electron chi connectivity index (χ2n) is 7.86. The Bertz CT molecular complexity index is 314. The van der Waals surface area contributed by atoms with Crippen LogP contribution in [0.5, 0.6) is 0 Å². The lowest BCUT2D eigenvalue weighted by molar-refractivity contribution is -0.881. The van der Waals surface area contributed by atoms with Crippen LogP contribution in [0.1, 0.15) is 71.1 Å². The first-order chi connectivity index (χ1) is 13.8. The van der Waals surface area contributed by atoms with Gasteiger partial charge in [-0.25, -0.2) is 0 Å². The van der Waals surface area contributed by atoms with Crippen LogP contribution in [0.3, 0.4) is 0 Å². The van der Waals surface area contributed by atoms with Gasteiger partial charge in [-0.05, 0) is 12.8 Å². The van der Waals surface area contributed by atoms with E-state index >= 15 is 0 Å². The molecule has 1 aliphatic rings. The minimum atomic E-state index is -0.210. The van der Waals surface area contributed by atoms with Crippen LogP contribution < -0.4 is 0 Å². The minimum absolute atomic E-state index is 0.210. The first-order valence-corrected chi connectivity index (χ1v) is 11.6. The molecule has 0 aromatic heterocycles. The first kappa shape index (κ1) is 25.8. The van der Waals surface area contributed by atoms with Crippen LogP contribution in [0.15, 0.2) is 0 Å². The summed E-state index contributed by atoms with van der Waals surface area (Å²) < 4.78 is 21.8. The van der Waals surface area contributed by atoms with Gasteiger partial charge in [0, 0.05) is 0 Å². The molecule has 28 heavy (non-hydrogen) atoms. The Hall–Kier alpha value is -0.240. The third-order valence-electron chi connectivity index (χ3n) is 5.32. The molecule has 0 unspecified atom stereocenters. The predicted octanol–water partition coefficient (Wildman–Crippen LogP) is 4.30. The lowest BCUT2D eigenvalue weighted by Gasteiger charge is -2.42. The number of unbranched alkanes of at least 4 members (excludes halogenated alkanes) is 9. The minimum Gasteiger partial charge on any atom is -0.633 e. The Morgan fingerprint density at radius 3 is 1.32 bits per heavy atom. The maximum atomic E-state index is 13.1. The van der Waals surface area contributed by atoms with Crippen molar-refractivity contribution in [3.8, 4) is 0 Å². The molecule has 1 heterocycles. The molecule has 6 heteroatoms. The van der Waals surface area contributed by atoms with Crippen molar-refractivity contribution in [3.05, 3.63) is 5.21 Å². The van der Waals surface area contributed by atoms with Gasteiger partial charge in [0.2, 0.25) is 0 Å². The van der Waals surface area contributed by atoms with Gasteiger partial charge in [-0.3, -0.25) is 0 Å². The number of hydroxylamine groups is 3. The van der Waals surface area contributed by atoms with Crippen molar-refractivity contribution >= 4 is 0 Å². The maximum Gasteiger partial charge on any atom is 0.102 e. The largest absolute Gasteiger partial charge is 0.633 e. The SMILES string of the molecule is CCCCCCCCCCCC[N+]1([O-])CCOCCOCCOCCOCC1. The Labute approximate surface area is 173 Å². The van der Waals surface area contributed by atoms with Crippen LogP contribution in [0.25, 0.3) is 0 Å². The molecule has 6 nitrogen and oxygen atoms in total. The number of nitrogens with zero attached hydrogens (tertiary/aromatic N) is 1. The van der Waals surface area contributed by atoms with Crippen molar-refractivity contribution in [2.45, 2.75) is 71.1 Å². The maximum absolute atomic E-state index is 13.1. The molecule has 0 bridgehead atoms.